The molecule has 0 N–H and O–H groups in total. The monoisotopic (exact) mass is 291 g/mol. The van der Waals surface area contributed by atoms with E-state index in [1.807, 2.05) is 4.90 Å². The standard InChI is InChI=1S/C16H25N3O2/c1-16(2,3)10-13(20)19-8-6-12(7-9-19)15-18-17-14(21-15)11-4-5-11/h11-12H,4-10H2,1-3H3. The van der Waals surface area contributed by atoms with E-state index < -0.39 is 0 Å². The quantitative estimate of drug-likeness (QED) is 0.858. The topological polar surface area (TPSA) is 59.2 Å². The summed E-state index contributed by atoms with van der Waals surface area (Å²) in [6, 6.07) is 0. The summed E-state index contributed by atoms with van der Waals surface area (Å²) in [6.07, 6.45) is 4.84. The van der Waals surface area contributed by atoms with Crippen LogP contribution in [0.25, 0.3) is 0 Å². The van der Waals surface area contributed by atoms with Crippen LogP contribution in [0, 0.1) is 5.41 Å². The maximum atomic E-state index is 12.2. The molecule has 21 heavy (non-hydrogen) atoms. The van der Waals surface area contributed by atoms with Crippen LogP contribution < -0.4 is 0 Å². The highest BCUT2D eigenvalue weighted by Crippen LogP contribution is 2.40. The molecule has 1 aromatic rings. The lowest BCUT2D eigenvalue weighted by atomic mass is 9.90. The number of piperidine rings is 1. The van der Waals surface area contributed by atoms with Gasteiger partial charge in [-0.1, -0.05) is 20.8 Å². The number of aromatic nitrogens is 2. The van der Waals surface area contributed by atoms with Crippen molar-refractivity contribution in [1.29, 1.82) is 0 Å². The van der Waals surface area contributed by atoms with E-state index in [2.05, 4.69) is 31.0 Å². The number of rotatable bonds is 3. The zero-order valence-electron chi connectivity index (χ0n) is 13.3. The molecule has 116 valence electrons. The minimum absolute atomic E-state index is 0.0551. The van der Waals surface area contributed by atoms with Gasteiger partial charge in [-0.3, -0.25) is 4.79 Å². The fourth-order valence-corrected chi connectivity index (χ4v) is 2.85. The Bertz CT molecular complexity index is 506. The van der Waals surface area contributed by atoms with Gasteiger partial charge in [0.25, 0.3) is 0 Å². The van der Waals surface area contributed by atoms with Gasteiger partial charge in [0.05, 0.1) is 0 Å². The Kier molecular flexibility index (Phi) is 3.76. The van der Waals surface area contributed by atoms with Gasteiger partial charge in [-0.05, 0) is 31.1 Å². The molecule has 1 aliphatic heterocycles. The molecule has 5 nitrogen and oxygen atoms in total. The predicted molar refractivity (Wildman–Crippen MR) is 78.9 cm³/mol. The number of amides is 1. The summed E-state index contributed by atoms with van der Waals surface area (Å²) in [7, 11) is 0. The third-order valence-electron chi connectivity index (χ3n) is 4.26. The summed E-state index contributed by atoms with van der Waals surface area (Å²) in [5.41, 5.74) is 0.0551. The van der Waals surface area contributed by atoms with Crippen molar-refractivity contribution < 1.29 is 9.21 Å². The molecule has 1 aromatic heterocycles. The molecular weight excluding hydrogens is 266 g/mol. The van der Waals surface area contributed by atoms with Crippen molar-refractivity contribution in [2.45, 2.75) is 64.7 Å². The van der Waals surface area contributed by atoms with Gasteiger partial charge < -0.3 is 9.32 Å². The SMILES string of the molecule is CC(C)(C)CC(=O)N1CCC(c2nnc(C3CC3)o2)CC1. The van der Waals surface area contributed by atoms with Crippen molar-refractivity contribution in [3.8, 4) is 0 Å². The number of likely N-dealkylation sites (tertiary alicyclic amines) is 1. The Hall–Kier alpha value is -1.39. The molecule has 3 rings (SSSR count). The van der Waals surface area contributed by atoms with Gasteiger partial charge in [0.1, 0.15) is 0 Å². The van der Waals surface area contributed by atoms with E-state index in [4.69, 9.17) is 4.42 Å². The molecule has 2 heterocycles. The molecular formula is C16H25N3O2. The highest BCUT2D eigenvalue weighted by molar-refractivity contribution is 5.76. The van der Waals surface area contributed by atoms with Gasteiger partial charge in [-0.15, -0.1) is 10.2 Å². The summed E-state index contributed by atoms with van der Waals surface area (Å²) in [5, 5.41) is 8.37. The van der Waals surface area contributed by atoms with Crippen LogP contribution in [0.4, 0.5) is 0 Å². The van der Waals surface area contributed by atoms with Crippen molar-refractivity contribution in [1.82, 2.24) is 15.1 Å². The zero-order chi connectivity index (χ0) is 15.0. The normalized spacial score (nSPS) is 20.8. The summed E-state index contributed by atoms with van der Waals surface area (Å²) >= 11 is 0. The first kappa shape index (κ1) is 14.5. The van der Waals surface area contributed by atoms with Gasteiger partial charge in [0, 0.05) is 31.3 Å². The predicted octanol–water partition coefficient (Wildman–Crippen LogP) is 3.09. The van der Waals surface area contributed by atoms with Crippen LogP contribution in [0.1, 0.15) is 76.5 Å². The molecule has 1 amide bonds. The molecule has 1 saturated carbocycles. The first-order chi connectivity index (χ1) is 9.92. The Morgan fingerprint density at radius 3 is 2.10 bits per heavy atom. The Morgan fingerprint density at radius 1 is 1.10 bits per heavy atom. The van der Waals surface area contributed by atoms with Gasteiger partial charge >= 0.3 is 0 Å². The van der Waals surface area contributed by atoms with Crippen LogP contribution in [0.5, 0.6) is 0 Å². The van der Waals surface area contributed by atoms with Gasteiger partial charge in [-0.2, -0.15) is 0 Å². The molecule has 0 aromatic carbocycles. The Morgan fingerprint density at radius 2 is 1.62 bits per heavy atom. The molecule has 1 aliphatic carbocycles. The average Bonchev–Trinajstić information content (AvgIpc) is 3.15. The number of hydrogen-bond acceptors (Lipinski definition) is 4. The second kappa shape index (κ2) is 5.43. The largest absolute Gasteiger partial charge is 0.425 e. The smallest absolute Gasteiger partial charge is 0.223 e. The average molecular weight is 291 g/mol. The minimum atomic E-state index is 0.0551. The number of carbonyl (C=O) groups is 1. The van der Waals surface area contributed by atoms with Gasteiger partial charge in [-0.25, -0.2) is 0 Å². The van der Waals surface area contributed by atoms with E-state index in [1.165, 1.54) is 12.8 Å². The number of carbonyl (C=O) groups excluding carboxylic acids is 1. The van der Waals surface area contributed by atoms with Crippen molar-refractivity contribution in [2.24, 2.45) is 5.41 Å². The molecule has 0 spiro atoms. The minimum Gasteiger partial charge on any atom is -0.425 e. The molecule has 2 aliphatic rings. The van der Waals surface area contributed by atoms with Crippen molar-refractivity contribution in [3.63, 3.8) is 0 Å². The van der Waals surface area contributed by atoms with Crippen LogP contribution in [-0.2, 0) is 4.79 Å². The lowest BCUT2D eigenvalue weighted by Crippen LogP contribution is -2.39. The van der Waals surface area contributed by atoms with Crippen LogP contribution in [0.15, 0.2) is 4.42 Å². The van der Waals surface area contributed by atoms with E-state index in [-0.39, 0.29) is 11.3 Å². The highest BCUT2D eigenvalue weighted by Gasteiger charge is 2.32. The first-order valence-corrected chi connectivity index (χ1v) is 8.03. The molecule has 0 radical (unpaired) electrons. The van der Waals surface area contributed by atoms with E-state index >= 15 is 0 Å². The van der Waals surface area contributed by atoms with E-state index in [0.717, 1.165) is 37.7 Å². The lowest BCUT2D eigenvalue weighted by molar-refractivity contribution is -0.134. The molecule has 1 saturated heterocycles. The van der Waals surface area contributed by atoms with Crippen molar-refractivity contribution >= 4 is 5.91 Å². The van der Waals surface area contributed by atoms with Crippen LogP contribution in [0.2, 0.25) is 0 Å². The second-order valence-electron chi connectivity index (χ2n) is 7.65. The van der Waals surface area contributed by atoms with Gasteiger partial charge in [0.15, 0.2) is 0 Å². The summed E-state index contributed by atoms with van der Waals surface area (Å²) in [4.78, 5) is 14.2. The molecule has 0 atom stereocenters. The summed E-state index contributed by atoms with van der Waals surface area (Å²) in [6.45, 7) is 7.93. The molecule has 0 unspecified atom stereocenters. The second-order valence-corrected chi connectivity index (χ2v) is 7.65. The summed E-state index contributed by atoms with van der Waals surface area (Å²) < 4.78 is 5.80. The third-order valence-corrected chi connectivity index (χ3v) is 4.26. The number of nitrogens with zero attached hydrogens (tertiary/aromatic N) is 3. The molecule has 5 heteroatoms. The first-order valence-electron chi connectivity index (χ1n) is 8.03. The fourth-order valence-electron chi connectivity index (χ4n) is 2.85. The molecule has 2 fully saturated rings. The van der Waals surface area contributed by atoms with Crippen molar-refractivity contribution in [2.75, 3.05) is 13.1 Å². The van der Waals surface area contributed by atoms with Gasteiger partial charge in [0.2, 0.25) is 17.7 Å². The van der Waals surface area contributed by atoms with E-state index in [0.29, 0.717) is 18.3 Å². The molecule has 0 bridgehead atoms. The van der Waals surface area contributed by atoms with Crippen LogP contribution in [-0.4, -0.2) is 34.1 Å². The maximum absolute atomic E-state index is 12.2. The zero-order valence-corrected chi connectivity index (χ0v) is 13.3. The van der Waals surface area contributed by atoms with Crippen LogP contribution in [0.3, 0.4) is 0 Å². The maximum Gasteiger partial charge on any atom is 0.223 e. The highest BCUT2D eigenvalue weighted by atomic mass is 16.4. The summed E-state index contributed by atoms with van der Waals surface area (Å²) in [5.74, 6) is 2.70. The Labute approximate surface area is 126 Å². The fraction of sp³-hybridized carbons (Fsp3) is 0.812. The lowest BCUT2D eigenvalue weighted by Gasteiger charge is -2.32. The van der Waals surface area contributed by atoms with Crippen LogP contribution >= 0.6 is 0 Å². The number of hydrogen-bond donors (Lipinski definition) is 0. The Balaban J connectivity index is 1.53. The third kappa shape index (κ3) is 3.63. The van der Waals surface area contributed by atoms with E-state index in [9.17, 15) is 4.79 Å². The van der Waals surface area contributed by atoms with Crippen molar-refractivity contribution in [3.05, 3.63) is 11.8 Å². The van der Waals surface area contributed by atoms with E-state index in [1.54, 1.807) is 0 Å².